The van der Waals surface area contributed by atoms with Crippen LogP contribution in [-0.2, 0) is 0 Å². The Labute approximate surface area is 113 Å². The van der Waals surface area contributed by atoms with E-state index in [9.17, 15) is 4.79 Å². The second kappa shape index (κ2) is 5.26. The van der Waals surface area contributed by atoms with Gasteiger partial charge in [0.2, 0.25) is 0 Å². The van der Waals surface area contributed by atoms with Crippen molar-refractivity contribution in [2.24, 2.45) is 0 Å². The first kappa shape index (κ1) is 13.3. The molecule has 2 rings (SSSR count). The second-order valence-corrected chi connectivity index (χ2v) is 5.14. The number of amides is 1. The van der Waals surface area contributed by atoms with Crippen molar-refractivity contribution in [2.75, 3.05) is 5.32 Å². The van der Waals surface area contributed by atoms with Crippen molar-refractivity contribution in [1.82, 2.24) is 10.2 Å². The van der Waals surface area contributed by atoms with E-state index in [-0.39, 0.29) is 5.91 Å². The third-order valence-electron chi connectivity index (χ3n) is 3.09. The second-order valence-electron chi connectivity index (χ2n) is 5.14. The van der Waals surface area contributed by atoms with Gasteiger partial charge in [0.15, 0.2) is 5.69 Å². The molecule has 0 atom stereocenters. The van der Waals surface area contributed by atoms with Crippen molar-refractivity contribution in [1.29, 1.82) is 0 Å². The van der Waals surface area contributed by atoms with Crippen LogP contribution in [0.1, 0.15) is 47.1 Å². The Hall–Kier alpha value is -2.10. The van der Waals surface area contributed by atoms with Crippen LogP contribution in [0.5, 0.6) is 0 Å². The minimum atomic E-state index is -0.183. The van der Waals surface area contributed by atoms with Crippen LogP contribution < -0.4 is 5.32 Å². The number of aromatic nitrogens is 2. The van der Waals surface area contributed by atoms with Crippen molar-refractivity contribution >= 4 is 11.6 Å². The van der Waals surface area contributed by atoms with Gasteiger partial charge >= 0.3 is 0 Å². The molecule has 1 aromatic carbocycles. The standard InChI is InChI=1S/C15H19N3O/c1-9(2)12-8-14(18-17-12)15(19)16-13-7-10(3)5-6-11(13)4/h5-9H,1-4H3,(H,16,19)(H,17,18). The van der Waals surface area contributed by atoms with Gasteiger partial charge < -0.3 is 5.32 Å². The third-order valence-corrected chi connectivity index (χ3v) is 3.09. The average Bonchev–Trinajstić information content (AvgIpc) is 2.83. The number of hydrogen-bond acceptors (Lipinski definition) is 2. The van der Waals surface area contributed by atoms with Gasteiger partial charge in [0.25, 0.3) is 5.91 Å². The first-order valence-electron chi connectivity index (χ1n) is 6.41. The van der Waals surface area contributed by atoms with E-state index in [1.165, 1.54) is 0 Å². The highest BCUT2D eigenvalue weighted by Crippen LogP contribution is 2.18. The Bertz CT molecular complexity index is 599. The molecule has 1 heterocycles. The summed E-state index contributed by atoms with van der Waals surface area (Å²) in [5.41, 5.74) is 4.37. The number of benzene rings is 1. The zero-order chi connectivity index (χ0) is 14.0. The summed E-state index contributed by atoms with van der Waals surface area (Å²) in [6, 6.07) is 7.78. The maximum absolute atomic E-state index is 12.1. The molecule has 0 unspecified atom stereocenters. The Balaban J connectivity index is 2.18. The molecule has 0 bridgehead atoms. The highest BCUT2D eigenvalue weighted by molar-refractivity contribution is 6.03. The molecule has 4 heteroatoms. The molecular formula is C15H19N3O. The fourth-order valence-corrected chi connectivity index (χ4v) is 1.81. The van der Waals surface area contributed by atoms with Crippen LogP contribution in [0.2, 0.25) is 0 Å². The number of rotatable bonds is 3. The molecule has 0 aliphatic rings. The number of carbonyl (C=O) groups is 1. The van der Waals surface area contributed by atoms with Gasteiger partial charge in [-0.3, -0.25) is 9.89 Å². The molecule has 1 amide bonds. The minimum Gasteiger partial charge on any atom is -0.320 e. The molecule has 100 valence electrons. The monoisotopic (exact) mass is 257 g/mol. The van der Waals surface area contributed by atoms with Crippen molar-refractivity contribution in [2.45, 2.75) is 33.6 Å². The first-order valence-corrected chi connectivity index (χ1v) is 6.41. The lowest BCUT2D eigenvalue weighted by Crippen LogP contribution is -2.13. The van der Waals surface area contributed by atoms with Crippen LogP contribution in [0.3, 0.4) is 0 Å². The number of aromatic amines is 1. The van der Waals surface area contributed by atoms with E-state index in [0.29, 0.717) is 11.6 Å². The van der Waals surface area contributed by atoms with Gasteiger partial charge in [-0.05, 0) is 43.0 Å². The summed E-state index contributed by atoms with van der Waals surface area (Å²) >= 11 is 0. The zero-order valence-electron chi connectivity index (χ0n) is 11.7. The Morgan fingerprint density at radius 2 is 2.00 bits per heavy atom. The maximum Gasteiger partial charge on any atom is 0.276 e. The molecule has 2 aromatic rings. The first-order chi connectivity index (χ1) is 8.97. The van der Waals surface area contributed by atoms with Crippen molar-refractivity contribution in [3.8, 4) is 0 Å². The van der Waals surface area contributed by atoms with Gasteiger partial charge in [-0.2, -0.15) is 5.10 Å². The molecule has 0 aliphatic heterocycles. The molecule has 1 aromatic heterocycles. The average molecular weight is 257 g/mol. The summed E-state index contributed by atoms with van der Waals surface area (Å²) < 4.78 is 0. The number of hydrogen-bond donors (Lipinski definition) is 2. The smallest absolute Gasteiger partial charge is 0.276 e. The lowest BCUT2D eigenvalue weighted by atomic mass is 10.1. The van der Waals surface area contributed by atoms with Crippen molar-refractivity contribution < 1.29 is 4.79 Å². The summed E-state index contributed by atoms with van der Waals surface area (Å²) in [7, 11) is 0. The predicted molar refractivity (Wildman–Crippen MR) is 76.5 cm³/mol. The summed E-state index contributed by atoms with van der Waals surface area (Å²) in [5.74, 6) is 0.145. The van der Waals surface area contributed by atoms with E-state index in [2.05, 4.69) is 29.4 Å². The number of nitrogens with one attached hydrogen (secondary N) is 2. The van der Waals surface area contributed by atoms with Gasteiger partial charge in [-0.1, -0.05) is 26.0 Å². The minimum absolute atomic E-state index is 0.183. The van der Waals surface area contributed by atoms with Crippen LogP contribution in [0.25, 0.3) is 0 Å². The van der Waals surface area contributed by atoms with Crippen molar-refractivity contribution in [3.05, 3.63) is 46.8 Å². The number of anilines is 1. The molecule has 0 fully saturated rings. The van der Waals surface area contributed by atoms with E-state index in [0.717, 1.165) is 22.5 Å². The summed E-state index contributed by atoms with van der Waals surface area (Å²) in [5, 5.41) is 9.83. The Kier molecular flexibility index (Phi) is 3.69. The Morgan fingerprint density at radius 3 is 2.63 bits per heavy atom. The molecule has 0 saturated carbocycles. The fourth-order valence-electron chi connectivity index (χ4n) is 1.81. The number of aryl methyl sites for hydroxylation is 2. The van der Waals surface area contributed by atoms with E-state index >= 15 is 0 Å². The van der Waals surface area contributed by atoms with Gasteiger partial charge in [0.05, 0.1) is 0 Å². The Morgan fingerprint density at radius 1 is 1.26 bits per heavy atom. The highest BCUT2D eigenvalue weighted by Gasteiger charge is 2.13. The molecule has 19 heavy (non-hydrogen) atoms. The quantitative estimate of drug-likeness (QED) is 0.885. The molecule has 2 N–H and O–H groups in total. The van der Waals surface area contributed by atoms with E-state index in [4.69, 9.17) is 0 Å². The topological polar surface area (TPSA) is 57.8 Å². The lowest BCUT2D eigenvalue weighted by Gasteiger charge is -2.07. The van der Waals surface area contributed by atoms with E-state index < -0.39 is 0 Å². The third kappa shape index (κ3) is 3.02. The number of carbonyl (C=O) groups excluding carboxylic acids is 1. The molecule has 0 spiro atoms. The fraction of sp³-hybridized carbons (Fsp3) is 0.333. The molecular weight excluding hydrogens is 238 g/mol. The SMILES string of the molecule is Cc1ccc(C)c(NC(=O)c2cc(C(C)C)[nH]n2)c1. The predicted octanol–water partition coefficient (Wildman–Crippen LogP) is 3.40. The summed E-state index contributed by atoms with van der Waals surface area (Å²) in [6.45, 7) is 8.08. The van der Waals surface area contributed by atoms with E-state index in [1.807, 2.05) is 32.0 Å². The van der Waals surface area contributed by atoms with Crippen LogP contribution in [0, 0.1) is 13.8 Å². The summed E-state index contributed by atoms with van der Waals surface area (Å²) in [6.07, 6.45) is 0. The molecule has 4 nitrogen and oxygen atoms in total. The lowest BCUT2D eigenvalue weighted by molar-refractivity contribution is 0.102. The number of nitrogens with zero attached hydrogens (tertiary/aromatic N) is 1. The summed E-state index contributed by atoms with van der Waals surface area (Å²) in [4.78, 5) is 12.1. The van der Waals surface area contributed by atoms with Gasteiger partial charge in [-0.25, -0.2) is 0 Å². The van der Waals surface area contributed by atoms with Gasteiger partial charge in [0, 0.05) is 11.4 Å². The van der Waals surface area contributed by atoms with Crippen LogP contribution in [-0.4, -0.2) is 16.1 Å². The van der Waals surface area contributed by atoms with Crippen LogP contribution in [0.15, 0.2) is 24.3 Å². The highest BCUT2D eigenvalue weighted by atomic mass is 16.1. The zero-order valence-corrected chi connectivity index (χ0v) is 11.7. The maximum atomic E-state index is 12.1. The largest absolute Gasteiger partial charge is 0.320 e. The molecule has 0 radical (unpaired) electrons. The van der Waals surface area contributed by atoms with Crippen molar-refractivity contribution in [3.63, 3.8) is 0 Å². The number of H-pyrrole nitrogens is 1. The normalized spacial score (nSPS) is 10.8. The van der Waals surface area contributed by atoms with E-state index in [1.54, 1.807) is 6.07 Å². The van der Waals surface area contributed by atoms with Crippen LogP contribution in [0.4, 0.5) is 5.69 Å². The van der Waals surface area contributed by atoms with Gasteiger partial charge in [-0.15, -0.1) is 0 Å². The van der Waals surface area contributed by atoms with Crippen LogP contribution >= 0.6 is 0 Å². The van der Waals surface area contributed by atoms with Gasteiger partial charge in [0.1, 0.15) is 0 Å². The molecule has 0 saturated heterocycles. The molecule has 0 aliphatic carbocycles.